The fraction of sp³-hybridized carbons (Fsp3) is 0.111. The van der Waals surface area contributed by atoms with Crippen LogP contribution >= 0.6 is 9.24 Å². The summed E-state index contributed by atoms with van der Waals surface area (Å²) >= 11 is 0. The molecule has 3 N–H and O–H groups in total. The molecular formula is C27H27O3P. The second kappa shape index (κ2) is 9.68. The van der Waals surface area contributed by atoms with Crippen LogP contribution in [0.3, 0.4) is 0 Å². The lowest BCUT2D eigenvalue weighted by Crippen LogP contribution is -2.25. The van der Waals surface area contributed by atoms with E-state index in [1.54, 1.807) is 36.4 Å². The molecule has 4 rings (SSSR count). The number of benzene rings is 4. The van der Waals surface area contributed by atoms with Gasteiger partial charge in [-0.3, -0.25) is 0 Å². The fourth-order valence-corrected chi connectivity index (χ4v) is 3.64. The topological polar surface area (TPSA) is 60.7 Å². The van der Waals surface area contributed by atoms with Gasteiger partial charge in [0.15, 0.2) is 0 Å². The van der Waals surface area contributed by atoms with E-state index in [9.17, 15) is 15.3 Å². The summed E-state index contributed by atoms with van der Waals surface area (Å²) in [5.74, 6) is 0.646. The van der Waals surface area contributed by atoms with E-state index in [4.69, 9.17) is 0 Å². The lowest BCUT2D eigenvalue weighted by molar-refractivity contribution is 0.474. The summed E-state index contributed by atoms with van der Waals surface area (Å²) in [5.41, 5.74) is 3.86. The van der Waals surface area contributed by atoms with Gasteiger partial charge in [-0.1, -0.05) is 66.2 Å². The molecule has 4 aromatic carbocycles. The molecule has 0 radical (unpaired) electrons. The predicted octanol–water partition coefficient (Wildman–Crippen LogP) is 5.65. The van der Waals surface area contributed by atoms with E-state index in [1.807, 2.05) is 36.4 Å². The lowest BCUT2D eigenvalue weighted by Gasteiger charge is -2.32. The summed E-state index contributed by atoms with van der Waals surface area (Å²) in [7, 11) is 2.65. The van der Waals surface area contributed by atoms with Crippen LogP contribution in [0, 0.1) is 6.92 Å². The summed E-state index contributed by atoms with van der Waals surface area (Å²) in [6, 6.07) is 29.6. The summed E-state index contributed by atoms with van der Waals surface area (Å²) in [6.07, 6.45) is 0. The van der Waals surface area contributed by atoms with Crippen molar-refractivity contribution in [1.29, 1.82) is 0 Å². The van der Waals surface area contributed by atoms with Gasteiger partial charge in [0, 0.05) is 5.41 Å². The Bertz CT molecular complexity index is 969. The molecule has 1 unspecified atom stereocenters. The quantitative estimate of drug-likeness (QED) is 0.291. The monoisotopic (exact) mass is 430 g/mol. The molecule has 0 fully saturated rings. The molecular weight excluding hydrogens is 403 g/mol. The Morgan fingerprint density at radius 3 is 1.06 bits per heavy atom. The molecule has 0 saturated carbocycles. The van der Waals surface area contributed by atoms with Crippen LogP contribution in [-0.2, 0) is 5.41 Å². The van der Waals surface area contributed by atoms with E-state index in [0.29, 0.717) is 0 Å². The Kier molecular flexibility index (Phi) is 6.99. The van der Waals surface area contributed by atoms with Gasteiger partial charge in [0.25, 0.3) is 0 Å². The third-order valence-electron chi connectivity index (χ3n) is 5.41. The van der Waals surface area contributed by atoms with Gasteiger partial charge in [-0.2, -0.15) is 0 Å². The number of hydrogen-bond donors (Lipinski definition) is 3. The van der Waals surface area contributed by atoms with Crippen LogP contribution in [0.4, 0.5) is 0 Å². The molecule has 0 bridgehead atoms. The summed E-state index contributed by atoms with van der Waals surface area (Å²) in [5, 5.41) is 30.0. The van der Waals surface area contributed by atoms with E-state index >= 15 is 0 Å². The van der Waals surface area contributed by atoms with Crippen LogP contribution in [-0.4, -0.2) is 15.3 Å². The highest BCUT2D eigenvalue weighted by Crippen LogP contribution is 2.40. The number of aryl methyl sites for hydroxylation is 1. The first-order chi connectivity index (χ1) is 14.8. The van der Waals surface area contributed by atoms with Gasteiger partial charge in [-0.25, -0.2) is 0 Å². The molecule has 0 aliphatic rings. The highest BCUT2D eigenvalue weighted by atomic mass is 31.0. The first kappa shape index (κ1) is 22.4. The Morgan fingerprint density at radius 1 is 0.516 bits per heavy atom. The van der Waals surface area contributed by atoms with Crippen molar-refractivity contribution in [1.82, 2.24) is 0 Å². The van der Waals surface area contributed by atoms with Crippen LogP contribution in [0.15, 0.2) is 97.1 Å². The Balaban J connectivity index is 0.000000287. The first-order valence-electron chi connectivity index (χ1n) is 9.99. The van der Waals surface area contributed by atoms with Crippen molar-refractivity contribution in [2.24, 2.45) is 0 Å². The van der Waals surface area contributed by atoms with E-state index in [1.165, 1.54) is 10.9 Å². The highest BCUT2D eigenvalue weighted by Gasteiger charge is 2.31. The average molecular weight is 430 g/mol. The maximum Gasteiger partial charge on any atom is 0.115 e. The van der Waals surface area contributed by atoms with Crippen molar-refractivity contribution in [3.05, 3.63) is 119 Å². The molecule has 0 aliphatic carbocycles. The normalized spacial score (nSPS) is 10.8. The maximum absolute atomic E-state index is 9.57. The van der Waals surface area contributed by atoms with Crippen molar-refractivity contribution < 1.29 is 15.3 Å². The number of rotatable bonds is 3. The van der Waals surface area contributed by atoms with E-state index in [2.05, 4.69) is 47.4 Å². The second-order valence-corrected chi connectivity index (χ2v) is 8.34. The number of phenolic OH excluding ortho intramolecular Hbond substituents is 3. The van der Waals surface area contributed by atoms with Crippen molar-refractivity contribution in [3.8, 4) is 17.2 Å². The van der Waals surface area contributed by atoms with Crippen LogP contribution in [0.2, 0.25) is 0 Å². The van der Waals surface area contributed by atoms with Gasteiger partial charge >= 0.3 is 0 Å². The summed E-state index contributed by atoms with van der Waals surface area (Å²) < 4.78 is 0. The molecule has 0 aliphatic heterocycles. The van der Waals surface area contributed by atoms with Gasteiger partial charge in [0.05, 0.1) is 0 Å². The summed E-state index contributed by atoms with van der Waals surface area (Å²) in [4.78, 5) is 0. The van der Waals surface area contributed by atoms with Gasteiger partial charge in [0.2, 0.25) is 0 Å². The minimum absolute atomic E-state index is 0.215. The van der Waals surface area contributed by atoms with Gasteiger partial charge < -0.3 is 15.3 Å². The number of phenols is 3. The molecule has 4 heteroatoms. The molecule has 0 heterocycles. The molecule has 3 nitrogen and oxygen atoms in total. The summed E-state index contributed by atoms with van der Waals surface area (Å²) in [6.45, 7) is 4.17. The zero-order valence-corrected chi connectivity index (χ0v) is 18.8. The zero-order valence-electron chi connectivity index (χ0n) is 17.7. The van der Waals surface area contributed by atoms with Crippen LogP contribution in [0.25, 0.3) is 0 Å². The highest BCUT2D eigenvalue weighted by molar-refractivity contribution is 7.27. The van der Waals surface area contributed by atoms with E-state index in [0.717, 1.165) is 16.7 Å². The SMILES string of the molecule is CC(c1ccc(O)cc1)(c1ccc(O)cc1)c1ccc(O)cc1.Cc1ccc(P)cc1. The van der Waals surface area contributed by atoms with Crippen molar-refractivity contribution >= 4 is 14.5 Å². The number of hydrogen-bond acceptors (Lipinski definition) is 3. The number of aromatic hydroxyl groups is 3. The maximum atomic E-state index is 9.57. The molecule has 31 heavy (non-hydrogen) atoms. The molecule has 0 spiro atoms. The van der Waals surface area contributed by atoms with Crippen molar-refractivity contribution in [2.45, 2.75) is 19.3 Å². The minimum Gasteiger partial charge on any atom is -0.508 e. The first-order valence-corrected chi connectivity index (χ1v) is 10.6. The smallest absolute Gasteiger partial charge is 0.115 e. The van der Waals surface area contributed by atoms with E-state index < -0.39 is 5.41 Å². The third kappa shape index (κ3) is 5.45. The van der Waals surface area contributed by atoms with Gasteiger partial charge in [-0.05, 0) is 72.2 Å². The van der Waals surface area contributed by atoms with Crippen LogP contribution < -0.4 is 5.30 Å². The Labute approximate surface area is 185 Å². The standard InChI is InChI=1S/C20H18O3.C7H9P/c1-20(14-2-8-17(21)9-3-14,15-4-10-18(22)11-5-15)16-6-12-19(23)13-7-16;1-6-2-4-7(8)5-3-6/h2-13,21-23H,1H3;2-5H,8H2,1H3. The van der Waals surface area contributed by atoms with Gasteiger partial charge in [0.1, 0.15) is 17.2 Å². The molecule has 158 valence electrons. The molecule has 0 aromatic heterocycles. The largest absolute Gasteiger partial charge is 0.508 e. The second-order valence-electron chi connectivity index (χ2n) is 7.68. The Morgan fingerprint density at radius 2 is 0.806 bits per heavy atom. The van der Waals surface area contributed by atoms with Crippen LogP contribution in [0.1, 0.15) is 29.2 Å². The zero-order chi connectivity index (χ0) is 22.4. The fourth-order valence-electron chi connectivity index (χ4n) is 3.45. The van der Waals surface area contributed by atoms with Crippen molar-refractivity contribution in [2.75, 3.05) is 0 Å². The predicted molar refractivity (Wildman–Crippen MR) is 130 cm³/mol. The van der Waals surface area contributed by atoms with Gasteiger partial charge in [-0.15, -0.1) is 9.24 Å². The average Bonchev–Trinajstić information content (AvgIpc) is 2.77. The molecule has 4 aromatic rings. The molecule has 1 atom stereocenters. The molecule has 0 saturated heterocycles. The third-order valence-corrected chi connectivity index (χ3v) is 5.80. The Hall–Kier alpha value is -3.29. The minimum atomic E-state index is -0.477. The van der Waals surface area contributed by atoms with Crippen LogP contribution in [0.5, 0.6) is 17.2 Å². The van der Waals surface area contributed by atoms with Crippen molar-refractivity contribution in [3.63, 3.8) is 0 Å². The van der Waals surface area contributed by atoms with E-state index in [-0.39, 0.29) is 17.2 Å². The lowest BCUT2D eigenvalue weighted by atomic mass is 9.71. The molecule has 0 amide bonds.